The van der Waals surface area contributed by atoms with Crippen LogP contribution in [0.3, 0.4) is 0 Å². The topological polar surface area (TPSA) is 74.8 Å². The summed E-state index contributed by atoms with van der Waals surface area (Å²) in [5, 5.41) is 8.22. The molecule has 30 heavy (non-hydrogen) atoms. The van der Waals surface area contributed by atoms with Gasteiger partial charge in [-0.3, -0.25) is 0 Å². The van der Waals surface area contributed by atoms with Crippen molar-refractivity contribution in [3.05, 3.63) is 87.1 Å². The van der Waals surface area contributed by atoms with E-state index in [0.29, 0.717) is 17.4 Å². The van der Waals surface area contributed by atoms with Gasteiger partial charge < -0.3 is 4.74 Å². The first-order valence-corrected chi connectivity index (χ1v) is 9.75. The second kappa shape index (κ2) is 8.12. The zero-order valence-electron chi connectivity index (χ0n) is 16.8. The number of halogens is 1. The van der Waals surface area contributed by atoms with E-state index in [0.717, 1.165) is 33.6 Å². The van der Waals surface area contributed by atoms with Crippen molar-refractivity contribution in [1.82, 2.24) is 24.8 Å². The summed E-state index contributed by atoms with van der Waals surface area (Å²) in [4.78, 5) is 16.4. The molecule has 0 saturated heterocycles. The smallest absolute Gasteiger partial charge is 0.368 e. The molecule has 0 spiro atoms. The Morgan fingerprint density at radius 3 is 2.47 bits per heavy atom. The lowest BCUT2D eigenvalue weighted by atomic mass is 10.0. The first-order chi connectivity index (χ1) is 14.4. The molecule has 8 heteroatoms. The van der Waals surface area contributed by atoms with Gasteiger partial charge in [0, 0.05) is 24.4 Å². The Labute approximate surface area is 178 Å². The molecule has 152 valence electrons. The zero-order chi connectivity index (χ0) is 21.3. The molecule has 4 rings (SSSR count). The molecule has 2 aromatic carbocycles. The van der Waals surface area contributed by atoms with Crippen molar-refractivity contribution in [2.75, 3.05) is 0 Å². The Hall–Kier alpha value is -3.45. The van der Waals surface area contributed by atoms with Crippen LogP contribution in [0, 0.1) is 13.8 Å². The normalized spacial score (nSPS) is 10.9. The van der Waals surface area contributed by atoms with Crippen LogP contribution < -0.4 is 10.4 Å². The monoisotopic (exact) mass is 421 g/mol. The van der Waals surface area contributed by atoms with E-state index < -0.39 is 0 Å². The van der Waals surface area contributed by atoms with Gasteiger partial charge in [0.05, 0.1) is 5.69 Å². The average molecular weight is 422 g/mol. The number of aryl methyl sites for hydroxylation is 3. The van der Waals surface area contributed by atoms with Crippen LogP contribution in [0.25, 0.3) is 16.8 Å². The standard InChI is InChI=1S/C22H20ClN5O2/c1-14-5-4-6-19(28-22(29)27(3)25-26-28)18(14)13-30-20-9-7-16(11-15(20)2)17-8-10-21(23)24-12-17/h4-12H,13H2,1-3H3. The summed E-state index contributed by atoms with van der Waals surface area (Å²) < 4.78 is 8.60. The van der Waals surface area contributed by atoms with Crippen LogP contribution in [0.15, 0.2) is 59.5 Å². The minimum atomic E-state index is -0.307. The second-order valence-corrected chi connectivity index (χ2v) is 7.40. The van der Waals surface area contributed by atoms with Gasteiger partial charge in [0.2, 0.25) is 0 Å². The Bertz CT molecular complexity index is 1260. The number of hydrogen-bond acceptors (Lipinski definition) is 5. The second-order valence-electron chi connectivity index (χ2n) is 7.01. The molecule has 0 N–H and O–H groups in total. The SMILES string of the molecule is Cc1cc(-c2ccc(Cl)nc2)ccc1OCc1c(C)cccc1-n1nnn(C)c1=O. The lowest BCUT2D eigenvalue weighted by Gasteiger charge is -2.15. The van der Waals surface area contributed by atoms with E-state index in [1.807, 2.05) is 56.3 Å². The molecule has 0 radical (unpaired) electrons. The van der Waals surface area contributed by atoms with Gasteiger partial charge >= 0.3 is 5.69 Å². The molecular weight excluding hydrogens is 402 g/mol. The van der Waals surface area contributed by atoms with E-state index in [2.05, 4.69) is 15.4 Å². The fraction of sp³-hybridized carbons (Fsp3) is 0.182. The predicted octanol–water partition coefficient (Wildman–Crippen LogP) is 3.88. The van der Waals surface area contributed by atoms with Gasteiger partial charge in [0.15, 0.2) is 0 Å². The lowest BCUT2D eigenvalue weighted by Crippen LogP contribution is -2.23. The summed E-state index contributed by atoms with van der Waals surface area (Å²) in [6, 6.07) is 15.4. The van der Waals surface area contributed by atoms with Crippen LogP contribution in [-0.2, 0) is 13.7 Å². The zero-order valence-corrected chi connectivity index (χ0v) is 17.6. The maximum Gasteiger partial charge on any atom is 0.368 e. The number of ether oxygens (including phenoxy) is 1. The number of nitrogens with zero attached hydrogens (tertiary/aromatic N) is 5. The maximum atomic E-state index is 12.3. The molecule has 0 atom stereocenters. The molecule has 0 bridgehead atoms. The van der Waals surface area contributed by atoms with Crippen LogP contribution in [0.2, 0.25) is 5.15 Å². The molecule has 4 aromatic rings. The number of tetrazole rings is 1. The quantitative estimate of drug-likeness (QED) is 0.457. The number of hydrogen-bond donors (Lipinski definition) is 0. The number of aromatic nitrogens is 5. The molecular formula is C22H20ClN5O2. The van der Waals surface area contributed by atoms with Gasteiger partial charge in [0.1, 0.15) is 17.5 Å². The van der Waals surface area contributed by atoms with Crippen LogP contribution in [0.4, 0.5) is 0 Å². The summed E-state index contributed by atoms with van der Waals surface area (Å²) in [5.41, 5.74) is 5.25. The van der Waals surface area contributed by atoms with E-state index in [-0.39, 0.29) is 5.69 Å². The molecule has 0 aliphatic rings. The van der Waals surface area contributed by atoms with Gasteiger partial charge in [-0.2, -0.15) is 9.36 Å². The third-order valence-electron chi connectivity index (χ3n) is 4.94. The van der Waals surface area contributed by atoms with Crippen molar-refractivity contribution in [3.8, 4) is 22.6 Å². The summed E-state index contributed by atoms with van der Waals surface area (Å²) >= 11 is 5.87. The molecule has 7 nitrogen and oxygen atoms in total. The van der Waals surface area contributed by atoms with Crippen molar-refractivity contribution in [3.63, 3.8) is 0 Å². The first kappa shape index (κ1) is 19.8. The highest BCUT2D eigenvalue weighted by Gasteiger charge is 2.14. The summed E-state index contributed by atoms with van der Waals surface area (Å²) in [6.45, 7) is 4.27. The molecule has 2 aromatic heterocycles. The Morgan fingerprint density at radius 1 is 1.00 bits per heavy atom. The fourth-order valence-electron chi connectivity index (χ4n) is 3.23. The summed E-state index contributed by atoms with van der Waals surface area (Å²) in [5.74, 6) is 0.765. The Morgan fingerprint density at radius 2 is 1.80 bits per heavy atom. The van der Waals surface area contributed by atoms with Gasteiger partial charge in [-0.05, 0) is 71.3 Å². The minimum Gasteiger partial charge on any atom is -0.489 e. The molecule has 0 fully saturated rings. The largest absolute Gasteiger partial charge is 0.489 e. The summed E-state index contributed by atoms with van der Waals surface area (Å²) in [6.07, 6.45) is 1.75. The fourth-order valence-corrected chi connectivity index (χ4v) is 3.34. The molecule has 2 heterocycles. The van der Waals surface area contributed by atoms with Gasteiger partial charge in [-0.1, -0.05) is 29.8 Å². The maximum absolute atomic E-state index is 12.3. The molecule has 0 amide bonds. The lowest BCUT2D eigenvalue weighted by molar-refractivity contribution is 0.302. The van der Waals surface area contributed by atoms with E-state index in [1.165, 1.54) is 9.36 Å². The van der Waals surface area contributed by atoms with E-state index in [1.54, 1.807) is 19.3 Å². The molecule has 0 saturated carbocycles. The van der Waals surface area contributed by atoms with Gasteiger partial charge in [0.25, 0.3) is 0 Å². The van der Waals surface area contributed by atoms with E-state index in [4.69, 9.17) is 16.3 Å². The molecule has 0 aliphatic heterocycles. The minimum absolute atomic E-state index is 0.299. The highest BCUT2D eigenvalue weighted by atomic mass is 35.5. The van der Waals surface area contributed by atoms with Gasteiger partial charge in [-0.15, -0.1) is 0 Å². The first-order valence-electron chi connectivity index (χ1n) is 9.37. The van der Waals surface area contributed by atoms with E-state index >= 15 is 0 Å². The van der Waals surface area contributed by atoms with E-state index in [9.17, 15) is 4.79 Å². The Balaban J connectivity index is 1.60. The average Bonchev–Trinajstić information content (AvgIpc) is 3.07. The molecule has 0 aliphatic carbocycles. The highest BCUT2D eigenvalue weighted by Crippen LogP contribution is 2.28. The molecule has 0 unspecified atom stereocenters. The van der Waals surface area contributed by atoms with Crippen molar-refractivity contribution in [2.24, 2.45) is 7.05 Å². The Kier molecular flexibility index (Phi) is 5.37. The third-order valence-corrected chi connectivity index (χ3v) is 5.17. The number of benzene rings is 2. The predicted molar refractivity (Wildman–Crippen MR) is 115 cm³/mol. The van der Waals surface area contributed by atoms with Crippen LogP contribution in [-0.4, -0.2) is 24.8 Å². The van der Waals surface area contributed by atoms with Crippen molar-refractivity contribution in [1.29, 1.82) is 0 Å². The van der Waals surface area contributed by atoms with Crippen LogP contribution in [0.5, 0.6) is 5.75 Å². The van der Waals surface area contributed by atoms with Crippen molar-refractivity contribution in [2.45, 2.75) is 20.5 Å². The van der Waals surface area contributed by atoms with Crippen molar-refractivity contribution >= 4 is 11.6 Å². The van der Waals surface area contributed by atoms with Gasteiger partial charge in [-0.25, -0.2) is 9.78 Å². The van der Waals surface area contributed by atoms with Crippen molar-refractivity contribution < 1.29 is 4.74 Å². The number of rotatable bonds is 5. The summed E-state index contributed by atoms with van der Waals surface area (Å²) in [7, 11) is 1.57. The highest BCUT2D eigenvalue weighted by molar-refractivity contribution is 6.29. The number of pyridine rings is 1. The van der Waals surface area contributed by atoms with Crippen LogP contribution >= 0.6 is 11.6 Å². The third kappa shape index (κ3) is 3.84. The van der Waals surface area contributed by atoms with Crippen LogP contribution in [0.1, 0.15) is 16.7 Å².